The number of piperidine rings is 1. The molecule has 1 aliphatic carbocycles. The maximum atomic E-state index is 9.98. The van der Waals surface area contributed by atoms with Gasteiger partial charge in [-0.05, 0) is 56.5 Å². The third kappa shape index (κ3) is 4.43. The van der Waals surface area contributed by atoms with Gasteiger partial charge in [-0.1, -0.05) is 34.1 Å². The van der Waals surface area contributed by atoms with Gasteiger partial charge in [0.2, 0.25) is 0 Å². The van der Waals surface area contributed by atoms with Crippen LogP contribution in [0.2, 0.25) is 0 Å². The van der Waals surface area contributed by atoms with Gasteiger partial charge in [-0.3, -0.25) is 0 Å². The van der Waals surface area contributed by atoms with Crippen LogP contribution in [0.4, 0.5) is 0 Å². The quantitative estimate of drug-likeness (QED) is 0.791. The van der Waals surface area contributed by atoms with Crippen molar-refractivity contribution in [3.8, 4) is 0 Å². The molecule has 0 bridgehead atoms. The van der Waals surface area contributed by atoms with Crippen molar-refractivity contribution < 1.29 is 5.11 Å². The van der Waals surface area contributed by atoms with Crippen molar-refractivity contribution in [1.29, 1.82) is 0 Å². The molecule has 2 atom stereocenters. The van der Waals surface area contributed by atoms with E-state index >= 15 is 0 Å². The molecule has 1 aliphatic heterocycles. The Labute approximate surface area is 131 Å². The molecule has 0 spiro atoms. The van der Waals surface area contributed by atoms with Gasteiger partial charge < -0.3 is 15.3 Å². The predicted octanol–water partition coefficient (Wildman–Crippen LogP) is 3.03. The van der Waals surface area contributed by atoms with Crippen molar-refractivity contribution in [2.75, 3.05) is 26.2 Å². The van der Waals surface area contributed by atoms with E-state index in [1.807, 2.05) is 0 Å². The second kappa shape index (κ2) is 6.97. The number of hydrogen-bond donors (Lipinski definition) is 2. The molecule has 1 saturated heterocycles. The Hall–Kier alpha value is -0.120. The minimum Gasteiger partial charge on any atom is -0.394 e. The molecule has 2 N–H and O–H groups in total. The molecule has 0 aromatic heterocycles. The summed E-state index contributed by atoms with van der Waals surface area (Å²) in [5, 5.41) is 13.7. The molecule has 124 valence electrons. The van der Waals surface area contributed by atoms with Crippen LogP contribution >= 0.6 is 0 Å². The summed E-state index contributed by atoms with van der Waals surface area (Å²) in [6.07, 6.45) is 7.61. The molecule has 3 nitrogen and oxygen atoms in total. The fourth-order valence-corrected chi connectivity index (χ4v) is 4.66. The van der Waals surface area contributed by atoms with Gasteiger partial charge in [0.25, 0.3) is 0 Å². The van der Waals surface area contributed by atoms with E-state index in [4.69, 9.17) is 0 Å². The van der Waals surface area contributed by atoms with Gasteiger partial charge in [-0.15, -0.1) is 0 Å². The number of hydrogen-bond acceptors (Lipinski definition) is 3. The molecule has 1 saturated carbocycles. The molecule has 0 aromatic carbocycles. The topological polar surface area (TPSA) is 35.5 Å². The average Bonchev–Trinajstić information content (AvgIpc) is 2.78. The van der Waals surface area contributed by atoms with Gasteiger partial charge >= 0.3 is 0 Å². The summed E-state index contributed by atoms with van der Waals surface area (Å²) in [4.78, 5) is 2.65. The largest absolute Gasteiger partial charge is 0.394 e. The highest BCUT2D eigenvalue weighted by Crippen LogP contribution is 2.38. The van der Waals surface area contributed by atoms with Crippen molar-refractivity contribution in [1.82, 2.24) is 10.2 Å². The van der Waals surface area contributed by atoms with Crippen LogP contribution in [0.5, 0.6) is 0 Å². The smallest absolute Gasteiger partial charge is 0.0616 e. The molecular formula is C18H36N2O. The lowest BCUT2D eigenvalue weighted by molar-refractivity contribution is 0.0823. The van der Waals surface area contributed by atoms with Gasteiger partial charge in [0.1, 0.15) is 0 Å². The molecule has 2 aliphatic rings. The second-order valence-corrected chi connectivity index (χ2v) is 8.54. The molecule has 0 amide bonds. The molecule has 1 heterocycles. The van der Waals surface area contributed by atoms with Gasteiger partial charge in [0, 0.05) is 18.1 Å². The van der Waals surface area contributed by atoms with Crippen molar-refractivity contribution in [3.63, 3.8) is 0 Å². The lowest BCUT2D eigenvalue weighted by Crippen LogP contribution is -2.54. The number of rotatable bonds is 6. The Morgan fingerprint density at radius 1 is 1.24 bits per heavy atom. The van der Waals surface area contributed by atoms with Crippen LogP contribution in [-0.2, 0) is 0 Å². The lowest BCUT2D eigenvalue weighted by Gasteiger charge is -2.41. The highest BCUT2D eigenvalue weighted by atomic mass is 16.3. The van der Waals surface area contributed by atoms with Crippen LogP contribution in [0.1, 0.15) is 66.2 Å². The summed E-state index contributed by atoms with van der Waals surface area (Å²) >= 11 is 0. The number of nitrogens with zero attached hydrogens (tertiary/aromatic N) is 1. The van der Waals surface area contributed by atoms with E-state index in [0.717, 1.165) is 6.42 Å². The van der Waals surface area contributed by atoms with Crippen LogP contribution in [0.3, 0.4) is 0 Å². The van der Waals surface area contributed by atoms with Gasteiger partial charge in [0.15, 0.2) is 0 Å². The van der Waals surface area contributed by atoms with Crippen molar-refractivity contribution >= 4 is 0 Å². The highest BCUT2D eigenvalue weighted by molar-refractivity contribution is 5.00. The van der Waals surface area contributed by atoms with Crippen LogP contribution in [0, 0.1) is 11.3 Å². The summed E-state index contributed by atoms with van der Waals surface area (Å²) in [5.74, 6) is 0.634. The summed E-state index contributed by atoms with van der Waals surface area (Å²) in [6, 6.07) is 0.451. The van der Waals surface area contributed by atoms with Crippen molar-refractivity contribution in [2.45, 2.75) is 77.8 Å². The predicted molar refractivity (Wildman–Crippen MR) is 89.5 cm³/mol. The molecule has 2 fully saturated rings. The zero-order valence-electron chi connectivity index (χ0n) is 14.6. The minimum atomic E-state index is -0.0144. The van der Waals surface area contributed by atoms with E-state index in [2.05, 4.69) is 37.9 Å². The third-order valence-corrected chi connectivity index (χ3v) is 5.59. The summed E-state index contributed by atoms with van der Waals surface area (Å²) in [5.41, 5.74) is 0.470. The SMILES string of the molecule is CC(C)NC1(CO)CCCC1CCN1CCCC(C)(C)C1. The number of nitrogens with one attached hydrogen (secondary N) is 1. The van der Waals surface area contributed by atoms with Gasteiger partial charge in [-0.2, -0.15) is 0 Å². The summed E-state index contributed by atoms with van der Waals surface area (Å²) < 4.78 is 0. The van der Waals surface area contributed by atoms with Crippen molar-refractivity contribution in [3.05, 3.63) is 0 Å². The molecule has 2 rings (SSSR count). The lowest BCUT2D eigenvalue weighted by atomic mass is 9.82. The number of aliphatic hydroxyl groups excluding tert-OH is 1. The number of aliphatic hydroxyl groups is 1. The van der Waals surface area contributed by atoms with E-state index in [1.165, 1.54) is 51.7 Å². The first kappa shape index (κ1) is 17.2. The normalized spacial score (nSPS) is 33.7. The first-order chi connectivity index (χ1) is 9.87. The van der Waals surface area contributed by atoms with Crippen molar-refractivity contribution in [2.24, 2.45) is 11.3 Å². The molecular weight excluding hydrogens is 260 g/mol. The zero-order chi connectivity index (χ0) is 15.5. The van der Waals surface area contributed by atoms with Crippen LogP contribution in [-0.4, -0.2) is 47.8 Å². The third-order valence-electron chi connectivity index (χ3n) is 5.59. The van der Waals surface area contributed by atoms with E-state index in [0.29, 0.717) is 24.0 Å². The Kier molecular flexibility index (Phi) is 5.72. The van der Waals surface area contributed by atoms with Gasteiger partial charge in [0.05, 0.1) is 6.61 Å². The first-order valence-corrected chi connectivity index (χ1v) is 8.98. The minimum absolute atomic E-state index is 0.0144. The van der Waals surface area contributed by atoms with E-state index in [9.17, 15) is 5.11 Å². The monoisotopic (exact) mass is 296 g/mol. The van der Waals surface area contributed by atoms with E-state index < -0.39 is 0 Å². The maximum absolute atomic E-state index is 9.98. The summed E-state index contributed by atoms with van der Waals surface area (Å²) in [6.45, 7) is 13.2. The van der Waals surface area contributed by atoms with Crippen LogP contribution in [0.15, 0.2) is 0 Å². The Morgan fingerprint density at radius 2 is 2.00 bits per heavy atom. The summed E-state index contributed by atoms with van der Waals surface area (Å²) in [7, 11) is 0. The fourth-order valence-electron chi connectivity index (χ4n) is 4.66. The Morgan fingerprint density at radius 3 is 2.62 bits per heavy atom. The molecule has 0 aromatic rings. The Balaban J connectivity index is 1.89. The average molecular weight is 296 g/mol. The molecule has 0 radical (unpaired) electrons. The fraction of sp³-hybridized carbons (Fsp3) is 1.00. The molecule has 2 unspecified atom stereocenters. The Bertz CT molecular complexity index is 329. The van der Waals surface area contributed by atoms with Crippen LogP contribution < -0.4 is 5.32 Å². The number of likely N-dealkylation sites (tertiary alicyclic amines) is 1. The van der Waals surface area contributed by atoms with Gasteiger partial charge in [-0.25, -0.2) is 0 Å². The first-order valence-electron chi connectivity index (χ1n) is 8.98. The van der Waals surface area contributed by atoms with E-state index in [1.54, 1.807) is 0 Å². The molecule has 3 heteroatoms. The van der Waals surface area contributed by atoms with E-state index in [-0.39, 0.29) is 5.54 Å². The maximum Gasteiger partial charge on any atom is 0.0616 e. The standard InChI is InChI=1S/C18H36N2O/c1-15(2)19-18(14-21)10-5-7-16(18)8-12-20-11-6-9-17(3,4)13-20/h15-16,19,21H,5-14H2,1-4H3. The van der Waals surface area contributed by atoms with Crippen LogP contribution in [0.25, 0.3) is 0 Å². The highest BCUT2D eigenvalue weighted by Gasteiger charge is 2.42. The zero-order valence-corrected chi connectivity index (χ0v) is 14.6. The second-order valence-electron chi connectivity index (χ2n) is 8.54. The molecule has 21 heavy (non-hydrogen) atoms.